The van der Waals surface area contributed by atoms with E-state index in [0.29, 0.717) is 27.5 Å². The molecule has 3 aromatic rings. The molecule has 0 aliphatic rings. The van der Waals surface area contributed by atoms with Crippen LogP contribution in [0.3, 0.4) is 0 Å². The standard InChI is InChI=1S/C21H19ClF4N4O/c1-11-6-16(23)18(30-20(31)27-5-3-4-21(24,25)26)8-14(11)15-7-13-10-28-19(22)9-17(13)29-12(15)2/h6-10H,3-5H2,1-2H3,(H2,27,30,31). The lowest BCUT2D eigenvalue weighted by atomic mass is 9.97. The van der Waals surface area contributed by atoms with Gasteiger partial charge >= 0.3 is 12.2 Å². The highest BCUT2D eigenvalue weighted by atomic mass is 35.5. The van der Waals surface area contributed by atoms with Crippen molar-refractivity contribution >= 4 is 34.2 Å². The third kappa shape index (κ3) is 5.81. The Balaban J connectivity index is 1.83. The van der Waals surface area contributed by atoms with Crippen LogP contribution in [0, 0.1) is 19.7 Å². The number of urea groups is 1. The summed E-state index contributed by atoms with van der Waals surface area (Å²) in [5.74, 6) is -0.661. The molecule has 0 aliphatic heterocycles. The van der Waals surface area contributed by atoms with Crippen LogP contribution < -0.4 is 10.6 Å². The van der Waals surface area contributed by atoms with Gasteiger partial charge in [0.1, 0.15) is 11.0 Å². The Kier molecular flexibility index (Phi) is 6.64. The number of nitrogens with zero attached hydrogens (tertiary/aromatic N) is 2. The summed E-state index contributed by atoms with van der Waals surface area (Å²) in [6.07, 6.45) is -3.98. The van der Waals surface area contributed by atoms with Gasteiger partial charge < -0.3 is 10.6 Å². The molecule has 0 bridgehead atoms. The fraction of sp³-hybridized carbons (Fsp3) is 0.286. The molecule has 10 heteroatoms. The largest absolute Gasteiger partial charge is 0.389 e. The van der Waals surface area contributed by atoms with Gasteiger partial charge in [-0.15, -0.1) is 0 Å². The number of amides is 2. The van der Waals surface area contributed by atoms with Crippen LogP contribution in [-0.4, -0.2) is 28.7 Å². The molecule has 0 aliphatic carbocycles. The number of anilines is 1. The average molecular weight is 455 g/mol. The Bertz CT molecular complexity index is 1130. The van der Waals surface area contributed by atoms with Gasteiger partial charge in [-0.1, -0.05) is 11.6 Å². The van der Waals surface area contributed by atoms with Crippen LogP contribution in [0.1, 0.15) is 24.1 Å². The first-order valence-corrected chi connectivity index (χ1v) is 9.76. The zero-order valence-corrected chi connectivity index (χ0v) is 17.5. The lowest BCUT2D eigenvalue weighted by Gasteiger charge is -2.14. The molecule has 0 spiro atoms. The Labute approximate surface area is 180 Å². The molecule has 2 heterocycles. The summed E-state index contributed by atoms with van der Waals surface area (Å²) < 4.78 is 51.0. The van der Waals surface area contributed by atoms with Crippen molar-refractivity contribution in [2.45, 2.75) is 32.9 Å². The van der Waals surface area contributed by atoms with Gasteiger partial charge in [0.25, 0.3) is 0 Å². The van der Waals surface area contributed by atoms with Crippen molar-refractivity contribution in [1.29, 1.82) is 0 Å². The third-order valence-electron chi connectivity index (χ3n) is 4.63. The maximum atomic E-state index is 14.4. The highest BCUT2D eigenvalue weighted by molar-refractivity contribution is 6.30. The first-order valence-electron chi connectivity index (χ1n) is 9.38. The summed E-state index contributed by atoms with van der Waals surface area (Å²) >= 11 is 5.91. The molecule has 31 heavy (non-hydrogen) atoms. The number of fused-ring (bicyclic) bond motifs is 1. The Morgan fingerprint density at radius 2 is 1.87 bits per heavy atom. The second-order valence-electron chi connectivity index (χ2n) is 7.07. The van der Waals surface area contributed by atoms with E-state index in [0.717, 1.165) is 10.9 Å². The quantitative estimate of drug-likeness (QED) is 0.275. The lowest BCUT2D eigenvalue weighted by Crippen LogP contribution is -2.30. The molecule has 0 radical (unpaired) electrons. The molecule has 2 amide bonds. The molecule has 0 atom stereocenters. The minimum atomic E-state index is -4.29. The summed E-state index contributed by atoms with van der Waals surface area (Å²) in [6, 6.07) is 5.45. The molecule has 1 aromatic carbocycles. The van der Waals surface area contributed by atoms with E-state index in [2.05, 4.69) is 20.6 Å². The van der Waals surface area contributed by atoms with Crippen molar-refractivity contribution in [2.24, 2.45) is 0 Å². The molecule has 5 nitrogen and oxygen atoms in total. The number of hydrogen-bond acceptors (Lipinski definition) is 3. The van der Waals surface area contributed by atoms with Crippen LogP contribution in [0.2, 0.25) is 5.15 Å². The number of pyridine rings is 2. The fourth-order valence-electron chi connectivity index (χ4n) is 3.13. The number of aromatic nitrogens is 2. The number of hydrogen-bond donors (Lipinski definition) is 2. The van der Waals surface area contributed by atoms with E-state index in [4.69, 9.17) is 11.6 Å². The van der Waals surface area contributed by atoms with Gasteiger partial charge in [-0.3, -0.25) is 4.98 Å². The zero-order valence-electron chi connectivity index (χ0n) is 16.7. The minimum absolute atomic E-state index is 0.0948. The number of nitrogens with one attached hydrogen (secondary N) is 2. The second-order valence-corrected chi connectivity index (χ2v) is 7.45. The SMILES string of the molecule is Cc1cc(F)c(NC(=O)NCCCC(F)(F)F)cc1-c1cc2cnc(Cl)cc2nc1C. The van der Waals surface area contributed by atoms with Crippen molar-refractivity contribution in [3.05, 3.63) is 52.7 Å². The summed E-state index contributed by atoms with van der Waals surface area (Å²) in [7, 11) is 0. The van der Waals surface area contributed by atoms with Gasteiger partial charge in [-0.2, -0.15) is 13.2 Å². The van der Waals surface area contributed by atoms with Crippen LogP contribution in [0.15, 0.2) is 30.5 Å². The van der Waals surface area contributed by atoms with E-state index in [-0.39, 0.29) is 18.7 Å². The van der Waals surface area contributed by atoms with E-state index in [9.17, 15) is 22.4 Å². The fourth-order valence-corrected chi connectivity index (χ4v) is 3.28. The average Bonchev–Trinajstić information content (AvgIpc) is 2.66. The first kappa shape index (κ1) is 22.7. The van der Waals surface area contributed by atoms with Crippen LogP contribution in [-0.2, 0) is 0 Å². The van der Waals surface area contributed by atoms with Crippen molar-refractivity contribution < 1.29 is 22.4 Å². The predicted octanol–water partition coefficient (Wildman–Crippen LogP) is 6.17. The number of rotatable bonds is 5. The van der Waals surface area contributed by atoms with Gasteiger partial charge in [0.05, 0.1) is 11.2 Å². The molecule has 2 N–H and O–H groups in total. The normalized spacial score (nSPS) is 11.6. The maximum Gasteiger partial charge on any atom is 0.389 e. The molecule has 164 valence electrons. The smallest absolute Gasteiger partial charge is 0.338 e. The van der Waals surface area contributed by atoms with Gasteiger partial charge in [-0.25, -0.2) is 14.2 Å². The number of alkyl halides is 3. The topological polar surface area (TPSA) is 66.9 Å². The summed E-state index contributed by atoms with van der Waals surface area (Å²) in [4.78, 5) is 20.6. The monoisotopic (exact) mass is 454 g/mol. The number of carbonyl (C=O) groups is 1. The third-order valence-corrected chi connectivity index (χ3v) is 4.84. The van der Waals surface area contributed by atoms with Crippen LogP contribution in [0.4, 0.5) is 28.0 Å². The van der Waals surface area contributed by atoms with Crippen molar-refractivity contribution in [3.63, 3.8) is 0 Å². The van der Waals surface area contributed by atoms with E-state index < -0.39 is 24.4 Å². The Hall–Kier alpha value is -2.94. The van der Waals surface area contributed by atoms with Crippen molar-refractivity contribution in [1.82, 2.24) is 15.3 Å². The summed E-state index contributed by atoms with van der Waals surface area (Å²) in [5.41, 5.74) is 3.24. The van der Waals surface area contributed by atoms with Gasteiger partial charge in [0.2, 0.25) is 0 Å². The zero-order chi connectivity index (χ0) is 22.8. The molecule has 0 fully saturated rings. The minimum Gasteiger partial charge on any atom is -0.338 e. The van der Waals surface area contributed by atoms with Crippen LogP contribution in [0.25, 0.3) is 22.0 Å². The number of carbonyl (C=O) groups excluding carboxylic acids is 1. The molecular weight excluding hydrogens is 436 g/mol. The van der Waals surface area contributed by atoms with Crippen LogP contribution >= 0.6 is 11.6 Å². The number of aryl methyl sites for hydroxylation is 2. The predicted molar refractivity (Wildman–Crippen MR) is 112 cm³/mol. The number of benzene rings is 1. The van der Waals surface area contributed by atoms with Crippen LogP contribution in [0.5, 0.6) is 0 Å². The molecule has 0 saturated carbocycles. The van der Waals surface area contributed by atoms with E-state index in [1.165, 1.54) is 12.1 Å². The van der Waals surface area contributed by atoms with Gasteiger partial charge in [0, 0.05) is 41.9 Å². The van der Waals surface area contributed by atoms with Crippen molar-refractivity contribution in [3.8, 4) is 11.1 Å². The van der Waals surface area contributed by atoms with Gasteiger partial charge in [0.15, 0.2) is 0 Å². The highest BCUT2D eigenvalue weighted by Crippen LogP contribution is 2.32. The lowest BCUT2D eigenvalue weighted by molar-refractivity contribution is -0.135. The molecule has 0 unspecified atom stereocenters. The van der Waals surface area contributed by atoms with E-state index in [1.807, 2.05) is 6.07 Å². The molecular formula is C21H19ClF4N4O. The second kappa shape index (κ2) is 9.05. The first-order chi connectivity index (χ1) is 14.5. The van der Waals surface area contributed by atoms with Crippen molar-refractivity contribution in [2.75, 3.05) is 11.9 Å². The highest BCUT2D eigenvalue weighted by Gasteiger charge is 2.26. The Morgan fingerprint density at radius 3 is 2.58 bits per heavy atom. The Morgan fingerprint density at radius 1 is 1.13 bits per heavy atom. The molecule has 3 rings (SSSR count). The maximum absolute atomic E-state index is 14.4. The van der Waals surface area contributed by atoms with E-state index >= 15 is 0 Å². The van der Waals surface area contributed by atoms with Gasteiger partial charge in [-0.05, 0) is 49.6 Å². The van der Waals surface area contributed by atoms with E-state index in [1.54, 1.807) is 26.1 Å². The summed E-state index contributed by atoms with van der Waals surface area (Å²) in [6.45, 7) is 3.34. The number of halogens is 5. The molecule has 2 aromatic heterocycles. The summed E-state index contributed by atoms with van der Waals surface area (Å²) in [5, 5.41) is 5.71. The molecule has 0 saturated heterocycles.